The third-order valence-electron chi connectivity index (χ3n) is 4.28. The molecule has 0 aliphatic carbocycles. The van der Waals surface area contributed by atoms with E-state index in [1.165, 1.54) is 11.1 Å². The standard InChI is InChI=1S/C22H22O/c1-2-3-4-6-13-18-16-21(17-11-7-5-8-12-17)19-14-9-10-15-20(19)22(18)23/h2,5,7-12,14-16,23H,1,3-4,6,13H2. The van der Waals surface area contributed by atoms with E-state index in [4.69, 9.17) is 0 Å². The molecule has 0 aromatic heterocycles. The summed E-state index contributed by atoms with van der Waals surface area (Å²) in [6.07, 6.45) is 6.04. The lowest BCUT2D eigenvalue weighted by Gasteiger charge is -2.13. The van der Waals surface area contributed by atoms with Gasteiger partial charge < -0.3 is 5.11 Å². The van der Waals surface area contributed by atoms with Crippen molar-refractivity contribution in [3.8, 4) is 16.9 Å². The molecule has 0 spiro atoms. The Hall–Kier alpha value is -2.54. The zero-order valence-electron chi connectivity index (χ0n) is 13.3. The first kappa shape index (κ1) is 15.4. The first-order valence-electron chi connectivity index (χ1n) is 8.21. The van der Waals surface area contributed by atoms with Gasteiger partial charge in [-0.3, -0.25) is 0 Å². The van der Waals surface area contributed by atoms with Gasteiger partial charge in [-0.2, -0.15) is 0 Å². The molecular weight excluding hydrogens is 280 g/mol. The van der Waals surface area contributed by atoms with Gasteiger partial charge in [-0.1, -0.05) is 60.7 Å². The number of hydrogen-bond acceptors (Lipinski definition) is 1. The third-order valence-corrected chi connectivity index (χ3v) is 4.28. The fourth-order valence-corrected chi connectivity index (χ4v) is 3.07. The molecule has 0 amide bonds. The average molecular weight is 302 g/mol. The number of hydrogen-bond donors (Lipinski definition) is 1. The van der Waals surface area contributed by atoms with E-state index in [-0.39, 0.29) is 0 Å². The van der Waals surface area contributed by atoms with Gasteiger partial charge in [-0.15, -0.1) is 6.58 Å². The quantitative estimate of drug-likeness (QED) is 0.430. The summed E-state index contributed by atoms with van der Waals surface area (Å²) in [6, 6.07) is 20.6. The van der Waals surface area contributed by atoms with Gasteiger partial charge >= 0.3 is 0 Å². The van der Waals surface area contributed by atoms with E-state index >= 15 is 0 Å². The van der Waals surface area contributed by atoms with Gasteiger partial charge in [0.25, 0.3) is 0 Å². The first-order chi connectivity index (χ1) is 11.3. The summed E-state index contributed by atoms with van der Waals surface area (Å²) in [4.78, 5) is 0. The molecule has 3 aromatic carbocycles. The van der Waals surface area contributed by atoms with E-state index in [2.05, 4.69) is 43.0 Å². The number of phenols is 1. The highest BCUT2D eigenvalue weighted by molar-refractivity contribution is 6.00. The van der Waals surface area contributed by atoms with Crippen LogP contribution >= 0.6 is 0 Å². The van der Waals surface area contributed by atoms with Crippen molar-refractivity contribution in [2.24, 2.45) is 0 Å². The SMILES string of the molecule is C=CCCCCc1cc(-c2ccccc2)c2ccccc2c1O. The molecule has 0 radical (unpaired) electrons. The zero-order chi connectivity index (χ0) is 16.1. The van der Waals surface area contributed by atoms with Gasteiger partial charge in [0.05, 0.1) is 0 Å². The van der Waals surface area contributed by atoms with E-state index in [1.807, 2.05) is 30.3 Å². The highest BCUT2D eigenvalue weighted by Crippen LogP contribution is 2.37. The van der Waals surface area contributed by atoms with Gasteiger partial charge in [0.15, 0.2) is 0 Å². The van der Waals surface area contributed by atoms with Gasteiger partial charge in [0, 0.05) is 5.39 Å². The number of aryl methyl sites for hydroxylation is 1. The van der Waals surface area contributed by atoms with Crippen molar-refractivity contribution in [2.45, 2.75) is 25.7 Å². The first-order valence-corrected chi connectivity index (χ1v) is 8.21. The second kappa shape index (κ2) is 7.15. The molecule has 0 unspecified atom stereocenters. The summed E-state index contributed by atoms with van der Waals surface area (Å²) in [6.45, 7) is 3.77. The Kier molecular flexibility index (Phi) is 4.77. The minimum Gasteiger partial charge on any atom is -0.507 e. The van der Waals surface area contributed by atoms with Crippen molar-refractivity contribution in [3.05, 3.63) is 78.9 Å². The molecule has 1 N–H and O–H groups in total. The fourth-order valence-electron chi connectivity index (χ4n) is 3.07. The van der Waals surface area contributed by atoms with Gasteiger partial charge in [-0.05, 0) is 53.8 Å². The summed E-state index contributed by atoms with van der Waals surface area (Å²) < 4.78 is 0. The van der Waals surface area contributed by atoms with Crippen LogP contribution in [0.25, 0.3) is 21.9 Å². The number of benzene rings is 3. The van der Waals surface area contributed by atoms with Crippen LogP contribution in [0.5, 0.6) is 5.75 Å². The lowest BCUT2D eigenvalue weighted by molar-refractivity contribution is 0.473. The van der Waals surface area contributed by atoms with Crippen molar-refractivity contribution in [1.82, 2.24) is 0 Å². The molecule has 0 bridgehead atoms. The minimum atomic E-state index is 0.430. The summed E-state index contributed by atoms with van der Waals surface area (Å²) in [5.74, 6) is 0.430. The lowest BCUT2D eigenvalue weighted by Crippen LogP contribution is -1.91. The Morgan fingerprint density at radius 2 is 1.57 bits per heavy atom. The normalized spacial score (nSPS) is 10.8. The van der Waals surface area contributed by atoms with Crippen LogP contribution in [0.2, 0.25) is 0 Å². The zero-order valence-corrected chi connectivity index (χ0v) is 13.3. The number of allylic oxidation sites excluding steroid dienone is 1. The summed E-state index contributed by atoms with van der Waals surface area (Å²) in [7, 11) is 0. The molecule has 0 fully saturated rings. The minimum absolute atomic E-state index is 0.430. The predicted molar refractivity (Wildman–Crippen MR) is 98.8 cm³/mol. The molecule has 0 atom stereocenters. The molecule has 23 heavy (non-hydrogen) atoms. The van der Waals surface area contributed by atoms with E-state index in [0.29, 0.717) is 5.75 Å². The molecule has 0 aliphatic heterocycles. The second-order valence-corrected chi connectivity index (χ2v) is 5.88. The van der Waals surface area contributed by atoms with E-state index in [9.17, 15) is 5.11 Å². The molecular formula is C22H22O. The summed E-state index contributed by atoms with van der Waals surface area (Å²) in [5, 5.41) is 12.7. The van der Waals surface area contributed by atoms with Crippen molar-refractivity contribution in [2.75, 3.05) is 0 Å². The Bertz CT molecular complexity index is 803. The maximum atomic E-state index is 10.7. The van der Waals surface area contributed by atoms with Crippen molar-refractivity contribution < 1.29 is 5.11 Å². The molecule has 116 valence electrons. The van der Waals surface area contributed by atoms with Crippen LogP contribution in [-0.4, -0.2) is 5.11 Å². The topological polar surface area (TPSA) is 20.2 Å². The smallest absolute Gasteiger partial charge is 0.126 e. The number of rotatable bonds is 6. The number of fused-ring (bicyclic) bond motifs is 1. The van der Waals surface area contributed by atoms with Gasteiger partial charge in [-0.25, -0.2) is 0 Å². The fraction of sp³-hybridized carbons (Fsp3) is 0.182. The monoisotopic (exact) mass is 302 g/mol. The highest BCUT2D eigenvalue weighted by Gasteiger charge is 2.12. The van der Waals surface area contributed by atoms with Crippen LogP contribution in [0.1, 0.15) is 24.8 Å². The Morgan fingerprint density at radius 3 is 2.30 bits per heavy atom. The van der Waals surface area contributed by atoms with Crippen LogP contribution in [0.3, 0.4) is 0 Å². The van der Waals surface area contributed by atoms with E-state index in [1.54, 1.807) is 0 Å². The van der Waals surface area contributed by atoms with Crippen LogP contribution < -0.4 is 0 Å². The van der Waals surface area contributed by atoms with E-state index in [0.717, 1.165) is 42.0 Å². The average Bonchev–Trinajstić information content (AvgIpc) is 2.61. The van der Waals surface area contributed by atoms with Crippen LogP contribution in [0, 0.1) is 0 Å². The lowest BCUT2D eigenvalue weighted by atomic mass is 9.93. The van der Waals surface area contributed by atoms with Gasteiger partial charge in [0.2, 0.25) is 0 Å². The van der Waals surface area contributed by atoms with Crippen molar-refractivity contribution in [3.63, 3.8) is 0 Å². The Morgan fingerprint density at radius 1 is 0.870 bits per heavy atom. The second-order valence-electron chi connectivity index (χ2n) is 5.88. The molecule has 1 heteroatoms. The van der Waals surface area contributed by atoms with Crippen molar-refractivity contribution >= 4 is 10.8 Å². The number of aromatic hydroxyl groups is 1. The predicted octanol–water partition coefficient (Wildman–Crippen LogP) is 6.11. The van der Waals surface area contributed by atoms with Crippen LogP contribution in [-0.2, 0) is 6.42 Å². The number of unbranched alkanes of at least 4 members (excludes halogenated alkanes) is 2. The Labute approximate surface area is 137 Å². The maximum absolute atomic E-state index is 10.7. The molecule has 3 aromatic rings. The van der Waals surface area contributed by atoms with Gasteiger partial charge in [0.1, 0.15) is 5.75 Å². The van der Waals surface area contributed by atoms with Crippen LogP contribution in [0.4, 0.5) is 0 Å². The van der Waals surface area contributed by atoms with Crippen LogP contribution in [0.15, 0.2) is 73.3 Å². The molecule has 1 nitrogen and oxygen atoms in total. The molecule has 0 heterocycles. The Balaban J connectivity index is 2.07. The van der Waals surface area contributed by atoms with E-state index < -0.39 is 0 Å². The largest absolute Gasteiger partial charge is 0.507 e. The molecule has 0 saturated heterocycles. The third kappa shape index (κ3) is 3.29. The maximum Gasteiger partial charge on any atom is 0.126 e. The summed E-state index contributed by atoms with van der Waals surface area (Å²) in [5.41, 5.74) is 3.42. The molecule has 0 saturated carbocycles. The highest BCUT2D eigenvalue weighted by atomic mass is 16.3. The molecule has 0 aliphatic rings. The number of phenolic OH excluding ortho intramolecular Hbond substituents is 1. The van der Waals surface area contributed by atoms with Crippen molar-refractivity contribution in [1.29, 1.82) is 0 Å². The molecule has 3 rings (SSSR count). The summed E-state index contributed by atoms with van der Waals surface area (Å²) >= 11 is 0.